The Balaban J connectivity index is 1.95. The average Bonchev–Trinajstić information content (AvgIpc) is 2.35. The number of halogens is 2. The molecule has 1 aromatic heterocycles. The Morgan fingerprint density at radius 3 is 2.41 bits per heavy atom. The molecular weight excluding hydrogens is 340 g/mol. The highest BCUT2D eigenvalue weighted by Crippen LogP contribution is 2.08. The van der Waals surface area contributed by atoms with Crippen molar-refractivity contribution in [1.82, 2.24) is 4.98 Å². The zero-order valence-electron chi connectivity index (χ0n) is 9.40. The number of pyridine rings is 1. The first-order valence-corrected chi connectivity index (χ1v) is 6.36. The van der Waals surface area contributed by atoms with E-state index in [0.29, 0.717) is 32.3 Å². The van der Waals surface area contributed by atoms with E-state index in [1.165, 1.54) is 0 Å². The largest absolute Gasteiger partial charge is 0.475 e. The highest BCUT2D eigenvalue weighted by Gasteiger charge is 1.95. The molecule has 0 aromatic carbocycles. The van der Waals surface area contributed by atoms with Gasteiger partial charge >= 0.3 is 0 Å². The maximum atomic E-state index is 11.6. The van der Waals surface area contributed by atoms with E-state index in [0.717, 1.165) is 3.57 Å². The molecule has 17 heavy (non-hydrogen) atoms. The standard InChI is InChI=1S/C11H15FINO3/c12-3-4-15-5-6-16-7-8-17-11-2-1-10(13)9-14-11/h1-2,9H,3-8H2. The van der Waals surface area contributed by atoms with Crippen LogP contribution in [0.3, 0.4) is 0 Å². The molecule has 0 fully saturated rings. The Morgan fingerprint density at radius 1 is 1.06 bits per heavy atom. The fourth-order valence-corrected chi connectivity index (χ4v) is 1.35. The minimum absolute atomic E-state index is 0.131. The van der Waals surface area contributed by atoms with Gasteiger partial charge in [0.2, 0.25) is 5.88 Å². The van der Waals surface area contributed by atoms with Gasteiger partial charge in [-0.3, -0.25) is 0 Å². The van der Waals surface area contributed by atoms with Crippen LogP contribution >= 0.6 is 22.6 Å². The fraction of sp³-hybridized carbons (Fsp3) is 0.545. The molecule has 1 aromatic rings. The van der Waals surface area contributed by atoms with Crippen LogP contribution in [0.4, 0.5) is 4.39 Å². The van der Waals surface area contributed by atoms with Crippen LogP contribution in [-0.2, 0) is 9.47 Å². The molecule has 0 unspecified atom stereocenters. The SMILES string of the molecule is FCCOCCOCCOc1ccc(I)cn1. The Bertz CT molecular complexity index is 297. The molecule has 0 amide bonds. The smallest absolute Gasteiger partial charge is 0.213 e. The highest BCUT2D eigenvalue weighted by atomic mass is 127. The van der Waals surface area contributed by atoms with Crippen LogP contribution in [0.25, 0.3) is 0 Å². The maximum Gasteiger partial charge on any atom is 0.213 e. The van der Waals surface area contributed by atoms with Crippen LogP contribution in [0.5, 0.6) is 5.88 Å². The van der Waals surface area contributed by atoms with Gasteiger partial charge in [-0.05, 0) is 28.7 Å². The molecule has 1 heterocycles. The summed E-state index contributed by atoms with van der Waals surface area (Å²) in [4.78, 5) is 4.08. The summed E-state index contributed by atoms with van der Waals surface area (Å²) < 4.78 is 28.2. The number of aromatic nitrogens is 1. The van der Waals surface area contributed by atoms with Gasteiger partial charge in [-0.25, -0.2) is 9.37 Å². The van der Waals surface area contributed by atoms with Crippen LogP contribution in [0.1, 0.15) is 0 Å². The second-order valence-electron chi connectivity index (χ2n) is 3.08. The lowest BCUT2D eigenvalue weighted by atomic mass is 10.5. The molecule has 0 aliphatic carbocycles. The summed E-state index contributed by atoms with van der Waals surface area (Å²) in [5.41, 5.74) is 0. The number of rotatable bonds is 9. The van der Waals surface area contributed by atoms with Crippen LogP contribution < -0.4 is 4.74 Å². The van der Waals surface area contributed by atoms with Crippen molar-refractivity contribution in [2.45, 2.75) is 0 Å². The molecule has 0 saturated heterocycles. The fourth-order valence-electron chi connectivity index (χ4n) is 1.03. The predicted molar refractivity (Wildman–Crippen MR) is 70.1 cm³/mol. The zero-order valence-corrected chi connectivity index (χ0v) is 11.6. The molecule has 0 radical (unpaired) electrons. The molecule has 0 saturated carbocycles. The number of alkyl halides is 1. The summed E-state index contributed by atoms with van der Waals surface area (Å²) in [7, 11) is 0. The first kappa shape index (κ1) is 14.6. The summed E-state index contributed by atoms with van der Waals surface area (Å²) >= 11 is 2.18. The summed E-state index contributed by atoms with van der Waals surface area (Å²) in [5, 5.41) is 0. The topological polar surface area (TPSA) is 40.6 Å². The van der Waals surface area contributed by atoms with Gasteiger partial charge < -0.3 is 14.2 Å². The van der Waals surface area contributed by atoms with Crippen LogP contribution in [-0.4, -0.2) is 44.7 Å². The van der Waals surface area contributed by atoms with E-state index in [1.54, 1.807) is 6.20 Å². The van der Waals surface area contributed by atoms with Crippen molar-refractivity contribution in [2.75, 3.05) is 39.7 Å². The lowest BCUT2D eigenvalue weighted by Gasteiger charge is -2.06. The Labute approximate surface area is 114 Å². The summed E-state index contributed by atoms with van der Waals surface area (Å²) in [6, 6.07) is 3.74. The minimum atomic E-state index is -0.457. The summed E-state index contributed by atoms with van der Waals surface area (Å²) in [6.07, 6.45) is 1.74. The van der Waals surface area contributed by atoms with Crippen molar-refractivity contribution >= 4 is 22.6 Å². The Kier molecular flexibility index (Phi) is 8.20. The molecule has 96 valence electrons. The molecule has 4 nitrogen and oxygen atoms in total. The molecule has 0 spiro atoms. The van der Waals surface area contributed by atoms with Crippen LogP contribution in [0.2, 0.25) is 0 Å². The zero-order chi connectivity index (χ0) is 12.3. The van der Waals surface area contributed by atoms with Crippen molar-refractivity contribution in [3.05, 3.63) is 21.9 Å². The average molecular weight is 355 g/mol. The Hall–Kier alpha value is -0.470. The van der Waals surface area contributed by atoms with E-state index in [-0.39, 0.29) is 6.61 Å². The highest BCUT2D eigenvalue weighted by molar-refractivity contribution is 14.1. The number of hydrogen-bond donors (Lipinski definition) is 0. The van der Waals surface area contributed by atoms with Gasteiger partial charge in [0.1, 0.15) is 13.3 Å². The number of nitrogens with zero attached hydrogens (tertiary/aromatic N) is 1. The minimum Gasteiger partial charge on any atom is -0.475 e. The third kappa shape index (κ3) is 7.45. The molecular formula is C11H15FINO3. The monoisotopic (exact) mass is 355 g/mol. The van der Waals surface area contributed by atoms with E-state index in [2.05, 4.69) is 27.6 Å². The van der Waals surface area contributed by atoms with E-state index in [4.69, 9.17) is 14.2 Å². The third-order valence-corrected chi connectivity index (χ3v) is 2.41. The van der Waals surface area contributed by atoms with Gasteiger partial charge in [-0.2, -0.15) is 0 Å². The second kappa shape index (κ2) is 9.55. The Morgan fingerprint density at radius 2 is 1.76 bits per heavy atom. The predicted octanol–water partition coefficient (Wildman–Crippen LogP) is 2.07. The second-order valence-corrected chi connectivity index (χ2v) is 4.32. The molecule has 0 atom stereocenters. The molecule has 0 N–H and O–H groups in total. The van der Waals surface area contributed by atoms with Gasteiger partial charge in [0.25, 0.3) is 0 Å². The normalized spacial score (nSPS) is 10.5. The number of hydrogen-bond acceptors (Lipinski definition) is 4. The molecule has 0 bridgehead atoms. The van der Waals surface area contributed by atoms with Crippen molar-refractivity contribution < 1.29 is 18.6 Å². The van der Waals surface area contributed by atoms with Crippen molar-refractivity contribution in [3.63, 3.8) is 0 Å². The first-order chi connectivity index (χ1) is 8.33. The lowest BCUT2D eigenvalue weighted by molar-refractivity contribution is 0.0320. The molecule has 6 heteroatoms. The van der Waals surface area contributed by atoms with Gasteiger partial charge in [-0.15, -0.1) is 0 Å². The van der Waals surface area contributed by atoms with Crippen molar-refractivity contribution in [2.24, 2.45) is 0 Å². The first-order valence-electron chi connectivity index (χ1n) is 5.28. The van der Waals surface area contributed by atoms with Gasteiger partial charge in [0.05, 0.1) is 26.4 Å². The van der Waals surface area contributed by atoms with Crippen molar-refractivity contribution in [1.29, 1.82) is 0 Å². The molecule has 0 aliphatic heterocycles. The molecule has 1 rings (SSSR count). The van der Waals surface area contributed by atoms with Crippen LogP contribution in [0.15, 0.2) is 18.3 Å². The summed E-state index contributed by atoms with van der Waals surface area (Å²) in [5.74, 6) is 0.586. The third-order valence-electron chi connectivity index (χ3n) is 1.77. The van der Waals surface area contributed by atoms with E-state index in [1.807, 2.05) is 12.1 Å². The van der Waals surface area contributed by atoms with E-state index in [9.17, 15) is 4.39 Å². The molecule has 0 aliphatic rings. The van der Waals surface area contributed by atoms with Gasteiger partial charge in [0.15, 0.2) is 0 Å². The van der Waals surface area contributed by atoms with Crippen molar-refractivity contribution in [3.8, 4) is 5.88 Å². The van der Waals surface area contributed by atoms with Gasteiger partial charge in [0, 0.05) is 15.8 Å². The summed E-state index contributed by atoms with van der Waals surface area (Å²) in [6.45, 7) is 1.44. The van der Waals surface area contributed by atoms with Crippen LogP contribution in [0, 0.1) is 3.57 Å². The van der Waals surface area contributed by atoms with E-state index < -0.39 is 6.67 Å². The maximum absolute atomic E-state index is 11.6. The quantitative estimate of drug-likeness (QED) is 0.502. The lowest BCUT2D eigenvalue weighted by Crippen LogP contribution is -2.11. The number of ether oxygens (including phenoxy) is 3. The van der Waals surface area contributed by atoms with Gasteiger partial charge in [-0.1, -0.05) is 0 Å². The van der Waals surface area contributed by atoms with E-state index >= 15 is 0 Å².